The van der Waals surface area contributed by atoms with Gasteiger partial charge in [0.2, 0.25) is 0 Å². The number of aromatic nitrogens is 2. The molecule has 0 fully saturated rings. The van der Waals surface area contributed by atoms with E-state index in [-0.39, 0.29) is 17.2 Å². The van der Waals surface area contributed by atoms with E-state index in [0.29, 0.717) is 5.69 Å². The number of fused-ring (bicyclic) bond motifs is 2. The van der Waals surface area contributed by atoms with Gasteiger partial charge in [0.05, 0.1) is 17.3 Å². The van der Waals surface area contributed by atoms with E-state index in [1.807, 2.05) is 30.3 Å². The second kappa shape index (κ2) is 5.14. The zero-order valence-electron chi connectivity index (χ0n) is 12.1. The maximum Gasteiger partial charge on any atom is 0.259 e. The number of aromatic amines is 1. The molecule has 3 N–H and O–H groups in total. The average molecular weight is 303 g/mol. The van der Waals surface area contributed by atoms with Gasteiger partial charge in [-0.05, 0) is 41.1 Å². The van der Waals surface area contributed by atoms with E-state index < -0.39 is 0 Å². The highest BCUT2D eigenvalue weighted by atomic mass is 16.3. The molecule has 5 nitrogen and oxygen atoms in total. The lowest BCUT2D eigenvalue weighted by atomic mass is 10.1. The molecule has 23 heavy (non-hydrogen) atoms. The minimum absolute atomic E-state index is 0.0381. The van der Waals surface area contributed by atoms with Crippen LogP contribution in [0.5, 0.6) is 5.75 Å². The van der Waals surface area contributed by atoms with Crippen LogP contribution in [0, 0.1) is 0 Å². The summed E-state index contributed by atoms with van der Waals surface area (Å²) in [5, 5.41) is 22.5. The molecule has 112 valence electrons. The molecule has 0 spiro atoms. The third kappa shape index (κ3) is 2.38. The highest BCUT2D eigenvalue weighted by molar-refractivity contribution is 6.09. The van der Waals surface area contributed by atoms with Gasteiger partial charge < -0.3 is 10.4 Å². The van der Waals surface area contributed by atoms with Crippen LogP contribution in [0.25, 0.3) is 21.7 Å². The molecular formula is C18H13N3O2. The Hall–Kier alpha value is -3.34. The number of carbonyl (C=O) groups is 1. The molecule has 1 amide bonds. The molecule has 0 atom stereocenters. The fourth-order valence-electron chi connectivity index (χ4n) is 2.62. The van der Waals surface area contributed by atoms with Gasteiger partial charge >= 0.3 is 0 Å². The number of nitrogens with one attached hydrogen (secondary N) is 2. The Kier molecular flexibility index (Phi) is 2.98. The van der Waals surface area contributed by atoms with E-state index in [0.717, 1.165) is 21.7 Å². The van der Waals surface area contributed by atoms with E-state index in [9.17, 15) is 9.90 Å². The Morgan fingerprint density at radius 2 is 1.78 bits per heavy atom. The van der Waals surface area contributed by atoms with Gasteiger partial charge in [0.25, 0.3) is 5.91 Å². The number of phenolic OH excluding ortho intramolecular Hbond substituents is 1. The summed E-state index contributed by atoms with van der Waals surface area (Å²) in [4.78, 5) is 12.5. The van der Waals surface area contributed by atoms with Crippen molar-refractivity contribution in [3.63, 3.8) is 0 Å². The maximum absolute atomic E-state index is 12.5. The van der Waals surface area contributed by atoms with E-state index in [2.05, 4.69) is 15.5 Å². The number of carbonyl (C=O) groups excluding carboxylic acids is 1. The summed E-state index contributed by atoms with van der Waals surface area (Å²) in [6.45, 7) is 0. The van der Waals surface area contributed by atoms with Crippen LogP contribution in [0.15, 0.2) is 60.8 Å². The van der Waals surface area contributed by atoms with Crippen molar-refractivity contribution in [2.75, 3.05) is 5.32 Å². The van der Waals surface area contributed by atoms with E-state index in [4.69, 9.17) is 0 Å². The number of H-pyrrole nitrogens is 1. The summed E-state index contributed by atoms with van der Waals surface area (Å²) in [6, 6.07) is 16.3. The molecule has 5 heteroatoms. The Morgan fingerprint density at radius 3 is 2.61 bits per heavy atom. The molecule has 3 aromatic carbocycles. The Balaban J connectivity index is 1.69. The summed E-state index contributed by atoms with van der Waals surface area (Å²) in [5.74, 6) is -0.393. The molecule has 0 saturated carbocycles. The van der Waals surface area contributed by atoms with Gasteiger partial charge in [0.1, 0.15) is 5.75 Å². The number of benzene rings is 3. The summed E-state index contributed by atoms with van der Waals surface area (Å²) in [6.07, 6.45) is 1.72. The molecule has 1 heterocycles. The molecule has 0 radical (unpaired) electrons. The summed E-state index contributed by atoms with van der Waals surface area (Å²) >= 11 is 0. The van der Waals surface area contributed by atoms with Crippen molar-refractivity contribution in [3.8, 4) is 5.75 Å². The van der Waals surface area contributed by atoms with Crippen LogP contribution in [-0.4, -0.2) is 21.2 Å². The van der Waals surface area contributed by atoms with Gasteiger partial charge in [-0.15, -0.1) is 0 Å². The van der Waals surface area contributed by atoms with Crippen LogP contribution in [0.4, 0.5) is 5.69 Å². The lowest BCUT2D eigenvalue weighted by molar-refractivity contribution is 0.102. The van der Waals surface area contributed by atoms with Crippen molar-refractivity contribution < 1.29 is 9.90 Å². The van der Waals surface area contributed by atoms with Gasteiger partial charge in [-0.1, -0.05) is 24.3 Å². The minimum Gasteiger partial charge on any atom is -0.507 e. The number of rotatable bonds is 2. The summed E-state index contributed by atoms with van der Waals surface area (Å²) in [7, 11) is 0. The Bertz CT molecular complexity index is 1040. The number of hydrogen-bond acceptors (Lipinski definition) is 3. The first-order chi connectivity index (χ1) is 11.2. The van der Waals surface area contributed by atoms with Crippen LogP contribution in [0.3, 0.4) is 0 Å². The van der Waals surface area contributed by atoms with Crippen molar-refractivity contribution in [3.05, 3.63) is 66.4 Å². The van der Waals surface area contributed by atoms with Gasteiger partial charge in [0, 0.05) is 11.1 Å². The third-order valence-electron chi connectivity index (χ3n) is 3.81. The van der Waals surface area contributed by atoms with Crippen LogP contribution >= 0.6 is 0 Å². The Labute approximate surface area is 131 Å². The first-order valence-corrected chi connectivity index (χ1v) is 7.17. The molecule has 0 unspecified atom stereocenters. The van der Waals surface area contributed by atoms with Gasteiger partial charge in [-0.25, -0.2) is 0 Å². The molecule has 4 rings (SSSR count). The first kappa shape index (κ1) is 13.3. The fourth-order valence-corrected chi connectivity index (χ4v) is 2.62. The van der Waals surface area contributed by atoms with E-state index >= 15 is 0 Å². The smallest absolute Gasteiger partial charge is 0.259 e. The largest absolute Gasteiger partial charge is 0.507 e. The number of phenols is 1. The van der Waals surface area contributed by atoms with Crippen LogP contribution in [0.1, 0.15) is 10.4 Å². The predicted molar refractivity (Wildman–Crippen MR) is 89.7 cm³/mol. The highest BCUT2D eigenvalue weighted by Gasteiger charge is 2.13. The summed E-state index contributed by atoms with van der Waals surface area (Å²) in [5.41, 5.74) is 1.72. The van der Waals surface area contributed by atoms with Crippen molar-refractivity contribution in [1.29, 1.82) is 0 Å². The topological polar surface area (TPSA) is 78.0 Å². The second-order valence-corrected chi connectivity index (χ2v) is 5.34. The van der Waals surface area contributed by atoms with Crippen molar-refractivity contribution >= 4 is 33.3 Å². The number of aromatic hydroxyl groups is 1. The maximum atomic E-state index is 12.5. The lowest BCUT2D eigenvalue weighted by Gasteiger charge is -2.08. The zero-order chi connectivity index (χ0) is 15.8. The molecule has 0 saturated heterocycles. The normalized spacial score (nSPS) is 11.0. The highest BCUT2D eigenvalue weighted by Crippen LogP contribution is 2.26. The van der Waals surface area contributed by atoms with E-state index in [1.165, 1.54) is 0 Å². The number of amides is 1. The van der Waals surface area contributed by atoms with Crippen LogP contribution < -0.4 is 5.32 Å². The average Bonchev–Trinajstić information content (AvgIpc) is 3.01. The SMILES string of the molecule is O=C(Nc1ccc2cn[nH]c2c1)c1cc2ccccc2cc1O. The molecular weight excluding hydrogens is 290 g/mol. The van der Waals surface area contributed by atoms with Crippen LogP contribution in [0.2, 0.25) is 0 Å². The molecule has 4 aromatic rings. The number of hydrogen-bond donors (Lipinski definition) is 3. The second-order valence-electron chi connectivity index (χ2n) is 5.34. The molecule has 0 aliphatic carbocycles. The van der Waals surface area contributed by atoms with Crippen LogP contribution in [-0.2, 0) is 0 Å². The molecule has 0 aliphatic heterocycles. The number of nitrogens with zero attached hydrogens (tertiary/aromatic N) is 1. The van der Waals surface area contributed by atoms with Gasteiger partial charge in [0.15, 0.2) is 0 Å². The fraction of sp³-hybridized carbons (Fsp3) is 0. The Morgan fingerprint density at radius 1 is 1.00 bits per heavy atom. The van der Waals surface area contributed by atoms with Crippen molar-refractivity contribution in [2.45, 2.75) is 0 Å². The van der Waals surface area contributed by atoms with Gasteiger partial charge in [-0.3, -0.25) is 9.89 Å². The molecule has 0 bridgehead atoms. The van der Waals surface area contributed by atoms with Gasteiger partial charge in [-0.2, -0.15) is 5.10 Å². The van der Waals surface area contributed by atoms with E-state index in [1.54, 1.807) is 30.5 Å². The quantitative estimate of drug-likeness (QED) is 0.528. The number of anilines is 1. The zero-order valence-corrected chi connectivity index (χ0v) is 12.1. The molecule has 1 aromatic heterocycles. The summed E-state index contributed by atoms with van der Waals surface area (Å²) < 4.78 is 0. The lowest BCUT2D eigenvalue weighted by Crippen LogP contribution is -2.12. The predicted octanol–water partition coefficient (Wildman–Crippen LogP) is 3.67. The van der Waals surface area contributed by atoms with Crippen molar-refractivity contribution in [2.24, 2.45) is 0 Å². The van der Waals surface area contributed by atoms with Crippen molar-refractivity contribution in [1.82, 2.24) is 10.2 Å². The first-order valence-electron chi connectivity index (χ1n) is 7.17. The standard InChI is InChI=1S/C18H13N3O2/c22-17-8-12-4-2-1-3-11(12)7-15(17)18(23)20-14-6-5-13-10-19-21-16(13)9-14/h1-10,22H,(H,19,21)(H,20,23). The third-order valence-corrected chi connectivity index (χ3v) is 3.81. The minimum atomic E-state index is -0.355. The monoisotopic (exact) mass is 303 g/mol. The molecule has 0 aliphatic rings.